The maximum absolute atomic E-state index is 13.4. The average molecular weight is 383 g/mol. The molecule has 0 spiro atoms. The van der Waals surface area contributed by atoms with Crippen LogP contribution in [0, 0.1) is 12.7 Å². The van der Waals surface area contributed by atoms with Gasteiger partial charge in [0, 0.05) is 12.1 Å². The van der Waals surface area contributed by atoms with Crippen LogP contribution in [-0.4, -0.2) is 35.7 Å². The second-order valence-corrected chi connectivity index (χ2v) is 6.94. The van der Waals surface area contributed by atoms with Crippen molar-refractivity contribution in [2.24, 2.45) is 0 Å². The van der Waals surface area contributed by atoms with E-state index in [2.05, 4.69) is 9.46 Å². The fraction of sp³-hybridized carbons (Fsp3) is 0.235. The molecule has 0 fully saturated rings. The Morgan fingerprint density at radius 2 is 1.65 bits per heavy atom. The Morgan fingerprint density at radius 1 is 1.04 bits per heavy atom. The van der Waals surface area contributed by atoms with Crippen molar-refractivity contribution in [1.82, 2.24) is 0 Å². The first kappa shape index (κ1) is 19.5. The number of aryl methyl sites for hydroxylation is 1. The number of benzene rings is 2. The minimum atomic E-state index is -4.08. The molecular weight excluding hydrogens is 365 g/mol. The first-order chi connectivity index (χ1) is 12.2. The van der Waals surface area contributed by atoms with E-state index in [-0.39, 0.29) is 33.2 Å². The molecule has 0 radical (unpaired) electrons. The molecule has 2 aromatic carbocycles. The summed E-state index contributed by atoms with van der Waals surface area (Å²) in [5, 5.41) is 0. The fourth-order valence-electron chi connectivity index (χ4n) is 2.23. The number of methoxy groups -OCH3 is 3. The smallest absolute Gasteiger partial charge is 0.340 e. The summed E-state index contributed by atoms with van der Waals surface area (Å²) in [4.78, 5) is 11.9. The molecule has 0 aliphatic rings. The number of hydrogen-bond donors (Lipinski definition) is 1. The van der Waals surface area contributed by atoms with Crippen LogP contribution in [0.25, 0.3) is 0 Å². The molecular formula is C17H18FNO6S. The lowest BCUT2D eigenvalue weighted by molar-refractivity contribution is 0.0601. The number of halogens is 1. The van der Waals surface area contributed by atoms with Gasteiger partial charge in [0.15, 0.2) is 11.5 Å². The molecule has 0 bridgehead atoms. The maximum Gasteiger partial charge on any atom is 0.340 e. The molecule has 0 atom stereocenters. The molecule has 0 heterocycles. The molecule has 0 saturated carbocycles. The highest BCUT2D eigenvalue weighted by molar-refractivity contribution is 7.92. The van der Waals surface area contributed by atoms with Crippen LogP contribution in [-0.2, 0) is 14.8 Å². The summed E-state index contributed by atoms with van der Waals surface area (Å²) < 4.78 is 55.9. The lowest BCUT2D eigenvalue weighted by Gasteiger charge is -2.15. The number of anilines is 1. The monoisotopic (exact) mass is 383 g/mol. The van der Waals surface area contributed by atoms with E-state index in [1.807, 2.05) is 0 Å². The summed E-state index contributed by atoms with van der Waals surface area (Å²) in [6.45, 7) is 1.45. The Hall–Kier alpha value is -2.81. The maximum atomic E-state index is 13.4. The van der Waals surface area contributed by atoms with Gasteiger partial charge in [-0.25, -0.2) is 17.6 Å². The molecule has 0 aromatic heterocycles. The zero-order valence-electron chi connectivity index (χ0n) is 14.6. The zero-order chi connectivity index (χ0) is 19.5. The van der Waals surface area contributed by atoms with Gasteiger partial charge in [0.25, 0.3) is 10.0 Å². The molecule has 140 valence electrons. The minimum absolute atomic E-state index is 0.0588. The summed E-state index contributed by atoms with van der Waals surface area (Å²) >= 11 is 0. The Balaban J connectivity index is 2.55. The largest absolute Gasteiger partial charge is 0.493 e. The van der Waals surface area contributed by atoms with Crippen molar-refractivity contribution < 1.29 is 31.8 Å². The molecule has 9 heteroatoms. The number of esters is 1. The Kier molecular flexibility index (Phi) is 5.71. The van der Waals surface area contributed by atoms with E-state index in [0.29, 0.717) is 0 Å². The van der Waals surface area contributed by atoms with Gasteiger partial charge in [-0.05, 0) is 30.7 Å². The van der Waals surface area contributed by atoms with Gasteiger partial charge >= 0.3 is 5.97 Å². The van der Waals surface area contributed by atoms with E-state index in [0.717, 1.165) is 12.1 Å². The van der Waals surface area contributed by atoms with Crippen LogP contribution in [0.3, 0.4) is 0 Å². The SMILES string of the molecule is COC(=O)c1cc(OC)c(OC)cc1NS(=O)(=O)c1ccc(F)c(C)c1. The van der Waals surface area contributed by atoms with Crippen LogP contribution in [0.5, 0.6) is 11.5 Å². The van der Waals surface area contributed by atoms with Crippen LogP contribution in [0.4, 0.5) is 10.1 Å². The molecule has 1 N–H and O–H groups in total. The molecule has 2 rings (SSSR count). The van der Waals surface area contributed by atoms with E-state index >= 15 is 0 Å². The minimum Gasteiger partial charge on any atom is -0.493 e. The van der Waals surface area contributed by atoms with Crippen LogP contribution in [0.2, 0.25) is 0 Å². The predicted molar refractivity (Wildman–Crippen MR) is 92.8 cm³/mol. The van der Waals surface area contributed by atoms with Gasteiger partial charge in [-0.3, -0.25) is 4.72 Å². The summed E-state index contributed by atoms with van der Waals surface area (Å²) in [7, 11) is -0.164. The lowest BCUT2D eigenvalue weighted by Crippen LogP contribution is -2.17. The molecule has 0 amide bonds. The average Bonchev–Trinajstić information content (AvgIpc) is 2.62. The highest BCUT2D eigenvalue weighted by Gasteiger charge is 2.23. The molecule has 2 aromatic rings. The standard InChI is InChI=1S/C17H18FNO6S/c1-10-7-11(5-6-13(10)18)26(21,22)19-14-9-16(24-3)15(23-2)8-12(14)17(20)25-4/h5-9,19H,1-4H3. The molecule has 0 unspecified atom stereocenters. The van der Waals surface area contributed by atoms with E-state index in [1.54, 1.807) is 0 Å². The van der Waals surface area contributed by atoms with E-state index < -0.39 is 21.8 Å². The van der Waals surface area contributed by atoms with Crippen LogP contribution >= 0.6 is 0 Å². The van der Waals surface area contributed by atoms with Crippen molar-refractivity contribution in [1.29, 1.82) is 0 Å². The zero-order valence-corrected chi connectivity index (χ0v) is 15.4. The van der Waals surface area contributed by atoms with Gasteiger partial charge in [-0.1, -0.05) is 0 Å². The third kappa shape index (κ3) is 3.88. The second-order valence-electron chi connectivity index (χ2n) is 5.26. The van der Waals surface area contributed by atoms with Gasteiger partial charge in [0.1, 0.15) is 5.82 Å². The third-order valence-electron chi connectivity index (χ3n) is 3.61. The molecule has 0 aliphatic carbocycles. The van der Waals surface area contributed by atoms with Crippen molar-refractivity contribution in [3.63, 3.8) is 0 Å². The summed E-state index contributed by atoms with van der Waals surface area (Å²) in [5.74, 6) is -0.842. The van der Waals surface area contributed by atoms with Crippen molar-refractivity contribution in [3.8, 4) is 11.5 Å². The van der Waals surface area contributed by atoms with E-state index in [9.17, 15) is 17.6 Å². The number of carbonyl (C=O) groups excluding carboxylic acids is 1. The number of sulfonamides is 1. The second kappa shape index (κ2) is 7.61. The predicted octanol–water partition coefficient (Wildman–Crippen LogP) is 2.74. The number of carbonyl (C=O) groups is 1. The van der Waals surface area contributed by atoms with Crippen LogP contribution in [0.1, 0.15) is 15.9 Å². The van der Waals surface area contributed by atoms with Crippen molar-refractivity contribution in [2.45, 2.75) is 11.8 Å². The van der Waals surface area contributed by atoms with Gasteiger partial charge in [0.2, 0.25) is 0 Å². The molecule has 26 heavy (non-hydrogen) atoms. The topological polar surface area (TPSA) is 90.9 Å². The van der Waals surface area contributed by atoms with Crippen molar-refractivity contribution in [3.05, 3.63) is 47.3 Å². The Morgan fingerprint density at radius 3 is 2.19 bits per heavy atom. The first-order valence-electron chi connectivity index (χ1n) is 7.36. The van der Waals surface area contributed by atoms with Crippen LogP contribution in [0.15, 0.2) is 35.2 Å². The number of hydrogen-bond acceptors (Lipinski definition) is 6. The molecule has 0 saturated heterocycles. The summed E-state index contributed by atoms with van der Waals surface area (Å²) in [5.41, 5.74) is 0.0532. The van der Waals surface area contributed by atoms with Gasteiger partial charge < -0.3 is 14.2 Å². The van der Waals surface area contributed by atoms with Gasteiger partial charge in [-0.2, -0.15) is 0 Å². The number of ether oxygens (including phenoxy) is 3. The number of nitrogens with one attached hydrogen (secondary N) is 1. The number of rotatable bonds is 6. The molecule has 7 nitrogen and oxygen atoms in total. The van der Waals surface area contributed by atoms with Crippen molar-refractivity contribution in [2.75, 3.05) is 26.1 Å². The Labute approximate surface area is 150 Å². The normalized spacial score (nSPS) is 11.0. The van der Waals surface area contributed by atoms with Gasteiger partial charge in [0.05, 0.1) is 37.5 Å². The highest BCUT2D eigenvalue weighted by atomic mass is 32.2. The third-order valence-corrected chi connectivity index (χ3v) is 4.98. The van der Waals surface area contributed by atoms with Crippen molar-refractivity contribution >= 4 is 21.7 Å². The fourth-order valence-corrected chi connectivity index (χ4v) is 3.39. The quantitative estimate of drug-likeness (QED) is 0.772. The Bertz CT molecular complexity index is 943. The van der Waals surface area contributed by atoms with E-state index in [4.69, 9.17) is 9.47 Å². The first-order valence-corrected chi connectivity index (χ1v) is 8.85. The highest BCUT2D eigenvalue weighted by Crippen LogP contribution is 2.34. The summed E-state index contributed by atoms with van der Waals surface area (Å²) in [6.07, 6.45) is 0. The molecule has 0 aliphatic heterocycles. The van der Waals surface area contributed by atoms with Gasteiger partial charge in [-0.15, -0.1) is 0 Å². The van der Waals surface area contributed by atoms with Crippen LogP contribution < -0.4 is 14.2 Å². The summed E-state index contributed by atoms with van der Waals surface area (Å²) in [6, 6.07) is 5.98. The lowest BCUT2D eigenvalue weighted by atomic mass is 10.1. The van der Waals surface area contributed by atoms with E-state index in [1.165, 1.54) is 46.5 Å².